The molecule has 1 aliphatic heterocycles. The highest BCUT2D eigenvalue weighted by molar-refractivity contribution is 5.74. The lowest BCUT2D eigenvalue weighted by atomic mass is 9.89. The van der Waals surface area contributed by atoms with Crippen molar-refractivity contribution in [2.45, 2.75) is 32.3 Å². The van der Waals surface area contributed by atoms with Crippen LogP contribution >= 0.6 is 0 Å². The molecule has 1 unspecified atom stereocenters. The molecule has 2 rings (SSSR count). The van der Waals surface area contributed by atoms with E-state index in [0.717, 1.165) is 13.1 Å². The summed E-state index contributed by atoms with van der Waals surface area (Å²) in [6.07, 6.45) is 2.42. The van der Waals surface area contributed by atoms with Gasteiger partial charge in [0.05, 0.1) is 5.60 Å². The Labute approximate surface area is 79.0 Å². The highest BCUT2D eigenvalue weighted by Crippen LogP contribution is 2.59. The molecule has 1 amide bonds. The minimum Gasteiger partial charge on any atom is -0.376 e. The molecule has 2 aliphatic rings. The molecule has 13 heavy (non-hydrogen) atoms. The zero-order valence-electron chi connectivity index (χ0n) is 8.59. The molecule has 3 nitrogen and oxygen atoms in total. The quantitative estimate of drug-likeness (QED) is 0.607. The van der Waals surface area contributed by atoms with Crippen molar-refractivity contribution in [3.05, 3.63) is 0 Å². The van der Waals surface area contributed by atoms with Crippen molar-refractivity contribution in [2.24, 2.45) is 5.41 Å². The molecule has 1 heterocycles. The van der Waals surface area contributed by atoms with Gasteiger partial charge in [-0.05, 0) is 19.8 Å². The largest absolute Gasteiger partial charge is 0.376 e. The summed E-state index contributed by atoms with van der Waals surface area (Å²) < 4.78 is 5.56. The van der Waals surface area contributed by atoms with Crippen LogP contribution in [0.15, 0.2) is 0 Å². The summed E-state index contributed by atoms with van der Waals surface area (Å²) in [7, 11) is 1.75. The van der Waals surface area contributed by atoms with Gasteiger partial charge in [-0.25, -0.2) is 0 Å². The van der Waals surface area contributed by atoms with E-state index in [2.05, 4.69) is 6.92 Å². The van der Waals surface area contributed by atoms with E-state index in [0.29, 0.717) is 0 Å². The Morgan fingerprint density at radius 2 is 2.00 bits per heavy atom. The van der Waals surface area contributed by atoms with Crippen molar-refractivity contribution < 1.29 is 9.53 Å². The predicted molar refractivity (Wildman–Crippen MR) is 49.3 cm³/mol. The van der Waals surface area contributed by atoms with Crippen LogP contribution in [0.2, 0.25) is 0 Å². The molecule has 0 aromatic carbocycles. The average molecular weight is 183 g/mol. The van der Waals surface area contributed by atoms with Crippen LogP contribution in [0, 0.1) is 5.41 Å². The maximum Gasteiger partial charge on any atom is 0.219 e. The first-order valence-corrected chi connectivity index (χ1v) is 4.84. The number of methoxy groups -OCH3 is 1. The Kier molecular flexibility index (Phi) is 1.71. The van der Waals surface area contributed by atoms with Gasteiger partial charge in [-0.3, -0.25) is 4.79 Å². The Morgan fingerprint density at radius 1 is 1.38 bits per heavy atom. The lowest BCUT2D eigenvalue weighted by Gasteiger charge is -2.28. The first-order chi connectivity index (χ1) is 6.03. The van der Waals surface area contributed by atoms with Crippen molar-refractivity contribution in [1.82, 2.24) is 4.90 Å². The third-order valence-electron chi connectivity index (χ3n) is 3.86. The first kappa shape index (κ1) is 9.00. The van der Waals surface area contributed by atoms with Gasteiger partial charge < -0.3 is 9.64 Å². The number of rotatable bonds is 1. The van der Waals surface area contributed by atoms with Gasteiger partial charge in [0.2, 0.25) is 5.91 Å². The van der Waals surface area contributed by atoms with Crippen molar-refractivity contribution in [3.8, 4) is 0 Å². The van der Waals surface area contributed by atoms with Gasteiger partial charge in [0.15, 0.2) is 0 Å². The molecule has 1 spiro atoms. The number of carbonyl (C=O) groups excluding carboxylic acids is 1. The van der Waals surface area contributed by atoms with Crippen molar-refractivity contribution in [2.75, 3.05) is 20.2 Å². The SMILES string of the molecule is COC1(C)CN(C(C)=O)CC12CC2. The topological polar surface area (TPSA) is 29.5 Å². The van der Waals surface area contributed by atoms with Crippen LogP contribution in [0.5, 0.6) is 0 Å². The van der Waals surface area contributed by atoms with Gasteiger partial charge in [0.1, 0.15) is 0 Å². The standard InChI is InChI=1S/C10H17NO2/c1-8(12)11-6-9(2,13-3)10(7-11)4-5-10/h4-7H2,1-3H3. The van der Waals surface area contributed by atoms with Crippen LogP contribution in [0.25, 0.3) is 0 Å². The minimum absolute atomic E-state index is 0.0985. The lowest BCUT2D eigenvalue weighted by Crippen LogP contribution is -2.38. The van der Waals surface area contributed by atoms with Crippen LogP contribution in [0.1, 0.15) is 26.7 Å². The van der Waals surface area contributed by atoms with Crippen LogP contribution < -0.4 is 0 Å². The molecule has 1 aliphatic carbocycles. The normalized spacial score (nSPS) is 35.5. The molecule has 2 fully saturated rings. The van der Waals surface area contributed by atoms with E-state index in [4.69, 9.17) is 4.74 Å². The molecule has 0 aromatic heterocycles. The number of hydrogen-bond acceptors (Lipinski definition) is 2. The second kappa shape index (κ2) is 2.47. The summed E-state index contributed by atoms with van der Waals surface area (Å²) in [5.74, 6) is 0.173. The third kappa shape index (κ3) is 1.10. The Balaban J connectivity index is 2.19. The molecule has 74 valence electrons. The Bertz CT molecular complexity index is 247. The van der Waals surface area contributed by atoms with Crippen molar-refractivity contribution in [1.29, 1.82) is 0 Å². The first-order valence-electron chi connectivity index (χ1n) is 4.84. The maximum atomic E-state index is 11.2. The Hall–Kier alpha value is -0.570. The van der Waals surface area contributed by atoms with E-state index in [-0.39, 0.29) is 16.9 Å². The van der Waals surface area contributed by atoms with E-state index in [9.17, 15) is 4.79 Å². The maximum absolute atomic E-state index is 11.2. The molecule has 3 heteroatoms. The number of carbonyl (C=O) groups is 1. The summed E-state index contributed by atoms with van der Waals surface area (Å²) in [6, 6.07) is 0. The zero-order valence-corrected chi connectivity index (χ0v) is 8.59. The van der Waals surface area contributed by atoms with Crippen molar-refractivity contribution in [3.63, 3.8) is 0 Å². The molecule has 1 saturated heterocycles. The van der Waals surface area contributed by atoms with Crippen molar-refractivity contribution >= 4 is 5.91 Å². The van der Waals surface area contributed by atoms with E-state index >= 15 is 0 Å². The summed E-state index contributed by atoms with van der Waals surface area (Å²) >= 11 is 0. The molecule has 1 atom stereocenters. The number of nitrogens with zero attached hydrogens (tertiary/aromatic N) is 1. The molecule has 1 saturated carbocycles. The fourth-order valence-electron chi connectivity index (χ4n) is 2.46. The van der Waals surface area contributed by atoms with Gasteiger partial charge in [-0.15, -0.1) is 0 Å². The van der Waals surface area contributed by atoms with E-state index in [1.807, 2.05) is 4.90 Å². The number of amides is 1. The predicted octanol–water partition coefficient (Wildman–Crippen LogP) is 1.03. The van der Waals surface area contributed by atoms with Gasteiger partial charge in [-0.2, -0.15) is 0 Å². The highest BCUT2D eigenvalue weighted by atomic mass is 16.5. The van der Waals surface area contributed by atoms with Gasteiger partial charge in [0.25, 0.3) is 0 Å². The summed E-state index contributed by atoms with van der Waals surface area (Å²) in [5.41, 5.74) is 0.187. The molecule has 0 bridgehead atoms. The molecular formula is C10H17NO2. The molecule has 0 N–H and O–H groups in total. The monoisotopic (exact) mass is 183 g/mol. The summed E-state index contributed by atoms with van der Waals surface area (Å²) in [5, 5.41) is 0. The molecular weight excluding hydrogens is 166 g/mol. The number of likely N-dealkylation sites (tertiary alicyclic amines) is 1. The fourth-order valence-corrected chi connectivity index (χ4v) is 2.46. The lowest BCUT2D eigenvalue weighted by molar-refractivity contribution is -0.128. The average Bonchev–Trinajstić information content (AvgIpc) is 2.77. The summed E-state index contributed by atoms with van der Waals surface area (Å²) in [4.78, 5) is 13.1. The van der Waals surface area contributed by atoms with Crippen LogP contribution in [0.3, 0.4) is 0 Å². The van der Waals surface area contributed by atoms with Gasteiger partial charge in [-0.1, -0.05) is 0 Å². The molecule has 0 radical (unpaired) electrons. The smallest absolute Gasteiger partial charge is 0.219 e. The second-order valence-corrected chi connectivity index (χ2v) is 4.59. The van der Waals surface area contributed by atoms with Crippen LogP contribution in [0.4, 0.5) is 0 Å². The summed E-state index contributed by atoms with van der Waals surface area (Å²) in [6.45, 7) is 5.42. The number of hydrogen-bond donors (Lipinski definition) is 0. The second-order valence-electron chi connectivity index (χ2n) is 4.59. The van der Waals surface area contributed by atoms with E-state index in [1.54, 1.807) is 14.0 Å². The van der Waals surface area contributed by atoms with Gasteiger partial charge >= 0.3 is 0 Å². The third-order valence-corrected chi connectivity index (χ3v) is 3.86. The Morgan fingerprint density at radius 3 is 2.31 bits per heavy atom. The van der Waals surface area contributed by atoms with Crippen LogP contribution in [-0.2, 0) is 9.53 Å². The van der Waals surface area contributed by atoms with Gasteiger partial charge in [0, 0.05) is 32.5 Å². The van der Waals surface area contributed by atoms with E-state index in [1.165, 1.54) is 12.8 Å². The fraction of sp³-hybridized carbons (Fsp3) is 0.900. The minimum atomic E-state index is -0.0985. The van der Waals surface area contributed by atoms with E-state index < -0.39 is 0 Å². The van der Waals surface area contributed by atoms with Crippen LogP contribution in [-0.4, -0.2) is 36.6 Å². The zero-order chi connectivity index (χ0) is 9.69. The highest BCUT2D eigenvalue weighted by Gasteiger charge is 2.63. The molecule has 0 aromatic rings. The number of ether oxygens (including phenoxy) is 1.